The summed E-state index contributed by atoms with van der Waals surface area (Å²) in [5, 5.41) is 9.50. The molecule has 0 radical (unpaired) electrons. The second-order valence-electron chi connectivity index (χ2n) is 3.44. The second kappa shape index (κ2) is 3.46. The van der Waals surface area contributed by atoms with Gasteiger partial charge in [-0.15, -0.1) is 6.58 Å². The number of esters is 1. The van der Waals surface area contributed by atoms with E-state index in [2.05, 4.69) is 6.58 Å². The van der Waals surface area contributed by atoms with Crippen molar-refractivity contribution in [1.82, 2.24) is 0 Å². The zero-order valence-electron chi connectivity index (χ0n) is 7.68. The lowest BCUT2D eigenvalue weighted by molar-refractivity contribution is -0.151. The minimum atomic E-state index is -0.896. The Morgan fingerprint density at radius 2 is 2.43 bits per heavy atom. The van der Waals surface area contributed by atoms with E-state index < -0.39 is 6.29 Å². The van der Waals surface area contributed by atoms with Gasteiger partial charge in [0, 0.05) is 11.8 Å². The lowest BCUT2D eigenvalue weighted by atomic mass is 9.81. The number of cyclic esters (lactones) is 1. The Labute approximate surface area is 81.8 Å². The van der Waals surface area contributed by atoms with Crippen LogP contribution >= 0.6 is 0 Å². The molecule has 3 atom stereocenters. The Morgan fingerprint density at radius 3 is 3.14 bits per heavy atom. The second-order valence-corrected chi connectivity index (χ2v) is 3.44. The van der Waals surface area contributed by atoms with Crippen molar-refractivity contribution in [3.8, 4) is 0 Å². The van der Waals surface area contributed by atoms with Crippen LogP contribution in [0.3, 0.4) is 0 Å². The molecule has 0 aromatic rings. The number of carbonyl (C=O) groups is 1. The SMILES string of the molecule is C=C[C@@H]1[C@@H](O)OC=C2C(=O)OCC[C@@H]21. The summed E-state index contributed by atoms with van der Waals surface area (Å²) in [6.07, 6.45) is 2.75. The molecule has 0 aromatic carbocycles. The highest BCUT2D eigenvalue weighted by molar-refractivity contribution is 5.89. The average molecular weight is 196 g/mol. The van der Waals surface area contributed by atoms with Gasteiger partial charge in [-0.3, -0.25) is 0 Å². The zero-order valence-corrected chi connectivity index (χ0v) is 7.68. The maximum absolute atomic E-state index is 11.3. The van der Waals surface area contributed by atoms with Crippen molar-refractivity contribution in [3.05, 3.63) is 24.5 Å². The quantitative estimate of drug-likeness (QED) is 0.492. The van der Waals surface area contributed by atoms with Crippen LogP contribution in [-0.4, -0.2) is 24.0 Å². The number of aliphatic hydroxyl groups is 1. The lowest BCUT2D eigenvalue weighted by Crippen LogP contribution is -2.38. The van der Waals surface area contributed by atoms with E-state index in [1.54, 1.807) is 6.08 Å². The van der Waals surface area contributed by atoms with E-state index in [0.717, 1.165) is 0 Å². The smallest absolute Gasteiger partial charge is 0.337 e. The lowest BCUT2D eigenvalue weighted by Gasteiger charge is -2.35. The van der Waals surface area contributed by atoms with Crippen molar-refractivity contribution in [1.29, 1.82) is 0 Å². The monoisotopic (exact) mass is 196 g/mol. The van der Waals surface area contributed by atoms with E-state index in [9.17, 15) is 9.90 Å². The summed E-state index contributed by atoms with van der Waals surface area (Å²) in [4.78, 5) is 11.3. The fourth-order valence-corrected chi connectivity index (χ4v) is 1.92. The molecule has 4 heteroatoms. The van der Waals surface area contributed by atoms with Crippen molar-refractivity contribution in [3.63, 3.8) is 0 Å². The normalized spacial score (nSPS) is 36.2. The van der Waals surface area contributed by atoms with E-state index in [1.165, 1.54) is 6.26 Å². The van der Waals surface area contributed by atoms with Crippen molar-refractivity contribution in [2.75, 3.05) is 6.61 Å². The van der Waals surface area contributed by atoms with Crippen molar-refractivity contribution >= 4 is 5.97 Å². The number of carbonyl (C=O) groups excluding carboxylic acids is 1. The van der Waals surface area contributed by atoms with Crippen LogP contribution < -0.4 is 0 Å². The molecule has 2 rings (SSSR count). The summed E-state index contributed by atoms with van der Waals surface area (Å²) < 4.78 is 9.81. The number of hydrogen-bond donors (Lipinski definition) is 1. The molecule has 14 heavy (non-hydrogen) atoms. The van der Waals surface area contributed by atoms with Gasteiger partial charge < -0.3 is 14.6 Å². The first-order valence-corrected chi connectivity index (χ1v) is 4.57. The van der Waals surface area contributed by atoms with Crippen molar-refractivity contribution in [2.45, 2.75) is 12.7 Å². The molecule has 2 aliphatic rings. The Hall–Kier alpha value is -1.29. The van der Waals surface area contributed by atoms with Crippen LogP contribution in [0.4, 0.5) is 0 Å². The van der Waals surface area contributed by atoms with Gasteiger partial charge in [-0.1, -0.05) is 6.08 Å². The van der Waals surface area contributed by atoms with Crippen LogP contribution in [0.5, 0.6) is 0 Å². The molecular formula is C10H12O4. The van der Waals surface area contributed by atoms with E-state index in [-0.39, 0.29) is 17.8 Å². The third-order valence-corrected chi connectivity index (χ3v) is 2.70. The fourth-order valence-electron chi connectivity index (χ4n) is 1.92. The molecular weight excluding hydrogens is 184 g/mol. The van der Waals surface area contributed by atoms with E-state index in [4.69, 9.17) is 9.47 Å². The van der Waals surface area contributed by atoms with Crippen LogP contribution in [0.25, 0.3) is 0 Å². The van der Waals surface area contributed by atoms with Crippen LogP contribution in [0.1, 0.15) is 6.42 Å². The number of hydrogen-bond acceptors (Lipinski definition) is 4. The Balaban J connectivity index is 2.29. The van der Waals surface area contributed by atoms with E-state index >= 15 is 0 Å². The van der Waals surface area contributed by atoms with Gasteiger partial charge in [0.15, 0.2) is 0 Å². The zero-order chi connectivity index (χ0) is 10.1. The van der Waals surface area contributed by atoms with Crippen molar-refractivity contribution in [2.24, 2.45) is 11.8 Å². The first-order valence-electron chi connectivity index (χ1n) is 4.57. The minimum Gasteiger partial charge on any atom is -0.472 e. The van der Waals surface area contributed by atoms with E-state index in [0.29, 0.717) is 18.6 Å². The molecule has 4 nitrogen and oxygen atoms in total. The van der Waals surface area contributed by atoms with Gasteiger partial charge in [0.2, 0.25) is 6.29 Å². The largest absolute Gasteiger partial charge is 0.472 e. The Morgan fingerprint density at radius 1 is 1.64 bits per heavy atom. The minimum absolute atomic E-state index is 0.0162. The molecule has 0 bridgehead atoms. The highest BCUT2D eigenvalue weighted by Gasteiger charge is 2.39. The molecule has 1 saturated heterocycles. The molecule has 0 saturated carbocycles. The van der Waals surface area contributed by atoms with Gasteiger partial charge in [0.25, 0.3) is 0 Å². The summed E-state index contributed by atoms with van der Waals surface area (Å²) in [6.45, 7) is 4.03. The first-order chi connectivity index (χ1) is 6.74. The third-order valence-electron chi connectivity index (χ3n) is 2.70. The predicted octanol–water partition coefficient (Wildman–Crippen LogP) is 0.584. The van der Waals surface area contributed by atoms with Gasteiger partial charge in [0.05, 0.1) is 18.4 Å². The molecule has 0 aliphatic carbocycles. The molecule has 0 amide bonds. The van der Waals surface area contributed by atoms with Crippen LogP contribution in [-0.2, 0) is 14.3 Å². The van der Waals surface area contributed by atoms with Crippen LogP contribution in [0, 0.1) is 11.8 Å². The fraction of sp³-hybridized carbons (Fsp3) is 0.500. The van der Waals surface area contributed by atoms with Gasteiger partial charge in [-0.25, -0.2) is 4.79 Å². The number of aliphatic hydroxyl groups excluding tert-OH is 1. The summed E-state index contributed by atoms with van der Waals surface area (Å²) in [7, 11) is 0. The predicted molar refractivity (Wildman–Crippen MR) is 47.9 cm³/mol. The maximum Gasteiger partial charge on any atom is 0.337 e. The summed E-state index contributed by atoms with van der Waals surface area (Å²) in [5.74, 6) is -0.583. The topological polar surface area (TPSA) is 55.8 Å². The van der Waals surface area contributed by atoms with Crippen molar-refractivity contribution < 1.29 is 19.4 Å². The van der Waals surface area contributed by atoms with Crippen LogP contribution in [0.2, 0.25) is 0 Å². The Bertz CT molecular complexity index is 294. The van der Waals surface area contributed by atoms with Gasteiger partial charge in [0.1, 0.15) is 0 Å². The number of fused-ring (bicyclic) bond motifs is 1. The standard InChI is InChI=1S/C10H12O4/c1-2-6-7-3-4-13-10(12)8(7)5-14-9(6)11/h2,5-7,9,11H,1,3-4H2/t6-,7+,9-/m0/s1. The molecule has 0 unspecified atom stereocenters. The van der Waals surface area contributed by atoms with Gasteiger partial charge in [-0.2, -0.15) is 0 Å². The maximum atomic E-state index is 11.3. The number of rotatable bonds is 1. The van der Waals surface area contributed by atoms with Gasteiger partial charge in [-0.05, 0) is 6.42 Å². The van der Waals surface area contributed by atoms with Gasteiger partial charge >= 0.3 is 5.97 Å². The summed E-state index contributed by atoms with van der Waals surface area (Å²) >= 11 is 0. The highest BCUT2D eigenvalue weighted by Crippen LogP contribution is 2.35. The Kier molecular flexibility index (Phi) is 2.29. The molecule has 2 aliphatic heterocycles. The molecule has 0 aromatic heterocycles. The third kappa shape index (κ3) is 1.32. The first kappa shape index (κ1) is 9.27. The summed E-state index contributed by atoms with van der Waals surface area (Å²) in [5.41, 5.74) is 0.506. The molecule has 2 heterocycles. The highest BCUT2D eigenvalue weighted by atomic mass is 16.6. The molecule has 1 fully saturated rings. The van der Waals surface area contributed by atoms with Crippen LogP contribution in [0.15, 0.2) is 24.5 Å². The average Bonchev–Trinajstić information content (AvgIpc) is 2.18. The number of ether oxygens (including phenoxy) is 2. The molecule has 76 valence electrons. The molecule has 1 N–H and O–H groups in total. The molecule has 0 spiro atoms. The van der Waals surface area contributed by atoms with E-state index in [1.807, 2.05) is 0 Å². The summed E-state index contributed by atoms with van der Waals surface area (Å²) in [6, 6.07) is 0.